The lowest BCUT2D eigenvalue weighted by Gasteiger charge is -2.06. The molecule has 1 heterocycles. The molecule has 3 rings (SSSR count). The molecule has 3 aromatic rings. The molecule has 0 unspecified atom stereocenters. The lowest BCUT2D eigenvalue weighted by Crippen LogP contribution is -2.04. The van der Waals surface area contributed by atoms with Gasteiger partial charge in [-0.15, -0.1) is 0 Å². The fraction of sp³-hybridized carbons (Fsp3) is 0.133. The van der Waals surface area contributed by atoms with Gasteiger partial charge >= 0.3 is 0 Å². The molecule has 0 saturated carbocycles. The molecular weight excluding hydrogens is 277 g/mol. The van der Waals surface area contributed by atoms with E-state index in [0.717, 1.165) is 16.6 Å². The van der Waals surface area contributed by atoms with Crippen LogP contribution in [-0.2, 0) is 13.1 Å². The van der Waals surface area contributed by atoms with Crippen molar-refractivity contribution in [2.45, 2.75) is 13.1 Å². The standard InChI is InChI=1S/C15H13ClFN3/c16-13-6-5-11(17)7-10(13)9-20-15-4-2-1-3-12(15)14(8-18)19-20/h1-7H,8-9,18H2. The van der Waals surface area contributed by atoms with Gasteiger partial charge in [0, 0.05) is 17.0 Å². The van der Waals surface area contributed by atoms with Gasteiger partial charge in [0.25, 0.3) is 0 Å². The molecule has 0 fully saturated rings. The predicted octanol–water partition coefficient (Wildman–Crippen LogP) is 3.34. The topological polar surface area (TPSA) is 43.8 Å². The number of hydrogen-bond acceptors (Lipinski definition) is 2. The van der Waals surface area contributed by atoms with Crippen molar-refractivity contribution in [3.05, 3.63) is 64.6 Å². The smallest absolute Gasteiger partial charge is 0.123 e. The van der Waals surface area contributed by atoms with Gasteiger partial charge in [-0.1, -0.05) is 29.8 Å². The summed E-state index contributed by atoms with van der Waals surface area (Å²) < 4.78 is 15.1. The molecule has 20 heavy (non-hydrogen) atoms. The molecule has 0 bridgehead atoms. The van der Waals surface area contributed by atoms with Gasteiger partial charge in [-0.05, 0) is 29.8 Å². The predicted molar refractivity (Wildman–Crippen MR) is 78.1 cm³/mol. The van der Waals surface area contributed by atoms with Crippen LogP contribution in [0.4, 0.5) is 4.39 Å². The Morgan fingerprint density at radius 3 is 2.80 bits per heavy atom. The van der Waals surface area contributed by atoms with Gasteiger partial charge in [-0.2, -0.15) is 5.10 Å². The van der Waals surface area contributed by atoms with Gasteiger partial charge in [0.2, 0.25) is 0 Å². The highest BCUT2D eigenvalue weighted by molar-refractivity contribution is 6.31. The number of nitrogens with two attached hydrogens (primary N) is 1. The van der Waals surface area contributed by atoms with E-state index in [-0.39, 0.29) is 5.82 Å². The number of aromatic nitrogens is 2. The van der Waals surface area contributed by atoms with E-state index in [1.165, 1.54) is 12.1 Å². The Kier molecular flexibility index (Phi) is 3.42. The highest BCUT2D eigenvalue weighted by atomic mass is 35.5. The third-order valence-corrected chi connectivity index (χ3v) is 3.62. The Labute approximate surface area is 120 Å². The molecule has 0 aliphatic rings. The average Bonchev–Trinajstić information content (AvgIpc) is 2.81. The number of nitrogens with zero attached hydrogens (tertiary/aromatic N) is 2. The minimum Gasteiger partial charge on any atom is -0.325 e. The zero-order valence-corrected chi connectivity index (χ0v) is 11.4. The van der Waals surface area contributed by atoms with Crippen LogP contribution in [-0.4, -0.2) is 9.78 Å². The van der Waals surface area contributed by atoms with Crippen molar-refractivity contribution in [2.24, 2.45) is 5.73 Å². The first-order valence-corrected chi connectivity index (χ1v) is 6.65. The first-order chi connectivity index (χ1) is 9.69. The number of para-hydroxylation sites is 1. The Morgan fingerprint density at radius 1 is 1.20 bits per heavy atom. The molecule has 0 spiro atoms. The van der Waals surface area contributed by atoms with Crippen LogP contribution < -0.4 is 5.73 Å². The number of halogens is 2. The Hall–Kier alpha value is -1.91. The van der Waals surface area contributed by atoms with Gasteiger partial charge in [-0.3, -0.25) is 4.68 Å². The third-order valence-electron chi connectivity index (χ3n) is 3.26. The van der Waals surface area contributed by atoms with Gasteiger partial charge in [0.15, 0.2) is 0 Å². The number of benzene rings is 2. The van der Waals surface area contributed by atoms with E-state index in [0.29, 0.717) is 23.7 Å². The summed E-state index contributed by atoms with van der Waals surface area (Å²) in [6.07, 6.45) is 0. The summed E-state index contributed by atoms with van der Waals surface area (Å²) in [4.78, 5) is 0. The molecule has 0 radical (unpaired) electrons. The second kappa shape index (κ2) is 5.23. The van der Waals surface area contributed by atoms with Crippen LogP contribution in [0.15, 0.2) is 42.5 Å². The molecule has 2 aromatic carbocycles. The minimum absolute atomic E-state index is 0.306. The molecule has 0 aliphatic carbocycles. The summed E-state index contributed by atoms with van der Waals surface area (Å²) >= 11 is 6.11. The van der Waals surface area contributed by atoms with Crippen LogP contribution in [0, 0.1) is 5.82 Å². The first-order valence-electron chi connectivity index (χ1n) is 6.27. The summed E-state index contributed by atoms with van der Waals surface area (Å²) in [6.45, 7) is 0.779. The van der Waals surface area contributed by atoms with Crippen molar-refractivity contribution in [1.82, 2.24) is 9.78 Å². The summed E-state index contributed by atoms with van der Waals surface area (Å²) in [5.41, 5.74) is 8.21. The van der Waals surface area contributed by atoms with E-state index in [4.69, 9.17) is 17.3 Å². The summed E-state index contributed by atoms with van der Waals surface area (Å²) in [6, 6.07) is 12.2. The van der Waals surface area contributed by atoms with Gasteiger partial charge in [0.1, 0.15) is 5.82 Å². The summed E-state index contributed by atoms with van der Waals surface area (Å²) in [5.74, 6) is -0.306. The van der Waals surface area contributed by atoms with Crippen LogP contribution >= 0.6 is 11.6 Å². The molecule has 5 heteroatoms. The van der Waals surface area contributed by atoms with Gasteiger partial charge in [0.05, 0.1) is 17.8 Å². The second-order valence-corrected chi connectivity index (χ2v) is 4.97. The molecule has 0 amide bonds. The van der Waals surface area contributed by atoms with Crippen LogP contribution in [0.2, 0.25) is 5.02 Å². The highest BCUT2D eigenvalue weighted by Crippen LogP contribution is 2.22. The Bertz CT molecular complexity index is 767. The molecule has 2 N–H and O–H groups in total. The highest BCUT2D eigenvalue weighted by Gasteiger charge is 2.10. The van der Waals surface area contributed by atoms with E-state index < -0.39 is 0 Å². The first kappa shape index (κ1) is 13.1. The van der Waals surface area contributed by atoms with E-state index in [1.54, 1.807) is 10.7 Å². The largest absolute Gasteiger partial charge is 0.325 e. The van der Waals surface area contributed by atoms with Crippen LogP contribution in [0.5, 0.6) is 0 Å². The summed E-state index contributed by atoms with van der Waals surface area (Å²) in [7, 11) is 0. The maximum atomic E-state index is 13.3. The monoisotopic (exact) mass is 289 g/mol. The molecule has 0 saturated heterocycles. The van der Waals surface area contributed by atoms with Crippen molar-refractivity contribution in [3.63, 3.8) is 0 Å². The van der Waals surface area contributed by atoms with Crippen molar-refractivity contribution >= 4 is 22.5 Å². The Balaban J connectivity index is 2.09. The van der Waals surface area contributed by atoms with Gasteiger partial charge < -0.3 is 5.73 Å². The number of rotatable bonds is 3. The zero-order chi connectivity index (χ0) is 14.1. The molecule has 1 aromatic heterocycles. The lowest BCUT2D eigenvalue weighted by atomic mass is 10.2. The summed E-state index contributed by atoms with van der Waals surface area (Å²) in [5, 5.41) is 6.03. The molecule has 102 valence electrons. The van der Waals surface area contributed by atoms with E-state index in [2.05, 4.69) is 5.10 Å². The molecule has 0 atom stereocenters. The van der Waals surface area contributed by atoms with Crippen molar-refractivity contribution in [1.29, 1.82) is 0 Å². The van der Waals surface area contributed by atoms with Crippen molar-refractivity contribution < 1.29 is 4.39 Å². The van der Waals surface area contributed by atoms with Gasteiger partial charge in [-0.25, -0.2) is 4.39 Å². The maximum absolute atomic E-state index is 13.3. The third kappa shape index (κ3) is 2.28. The van der Waals surface area contributed by atoms with Crippen LogP contribution in [0.1, 0.15) is 11.3 Å². The van der Waals surface area contributed by atoms with E-state index >= 15 is 0 Å². The maximum Gasteiger partial charge on any atom is 0.123 e. The number of fused-ring (bicyclic) bond motifs is 1. The second-order valence-electron chi connectivity index (χ2n) is 4.56. The molecule has 0 aliphatic heterocycles. The fourth-order valence-electron chi connectivity index (χ4n) is 2.29. The minimum atomic E-state index is -0.306. The van der Waals surface area contributed by atoms with E-state index in [1.807, 2.05) is 24.3 Å². The fourth-order valence-corrected chi connectivity index (χ4v) is 2.47. The van der Waals surface area contributed by atoms with Crippen molar-refractivity contribution in [3.8, 4) is 0 Å². The quantitative estimate of drug-likeness (QED) is 0.804. The normalized spacial score (nSPS) is 11.2. The lowest BCUT2D eigenvalue weighted by molar-refractivity contribution is 0.620. The molecular formula is C15H13ClFN3. The van der Waals surface area contributed by atoms with Crippen LogP contribution in [0.3, 0.4) is 0 Å². The number of hydrogen-bond donors (Lipinski definition) is 1. The molecule has 3 nitrogen and oxygen atoms in total. The zero-order valence-electron chi connectivity index (χ0n) is 10.7. The van der Waals surface area contributed by atoms with E-state index in [9.17, 15) is 4.39 Å². The average molecular weight is 290 g/mol. The van der Waals surface area contributed by atoms with Crippen LogP contribution in [0.25, 0.3) is 10.9 Å². The SMILES string of the molecule is NCc1nn(Cc2cc(F)ccc2Cl)c2ccccc12. The van der Waals surface area contributed by atoms with Crippen molar-refractivity contribution in [2.75, 3.05) is 0 Å². The Morgan fingerprint density at radius 2 is 2.00 bits per heavy atom.